The third kappa shape index (κ3) is 2.71. The molecular weight excluding hydrogens is 206 g/mol. The van der Waals surface area contributed by atoms with Crippen LogP contribution in [0.5, 0.6) is 0 Å². The molecule has 0 heterocycles. The van der Waals surface area contributed by atoms with Gasteiger partial charge in [-0.3, -0.25) is 0 Å². The predicted octanol–water partition coefficient (Wildman–Crippen LogP) is 1.62. The summed E-state index contributed by atoms with van der Waals surface area (Å²) in [5.41, 5.74) is 0.197. The van der Waals surface area contributed by atoms with Gasteiger partial charge in [-0.15, -0.1) is 0 Å². The minimum absolute atomic E-state index is 0.197. The predicted molar refractivity (Wildman–Crippen MR) is 49.1 cm³/mol. The molecule has 1 atom stereocenters. The highest BCUT2D eigenvalue weighted by molar-refractivity contribution is 5.20. The molecule has 0 saturated carbocycles. The van der Waals surface area contributed by atoms with Gasteiger partial charge in [0.2, 0.25) is 0 Å². The maximum absolute atomic E-state index is 12.8. The van der Waals surface area contributed by atoms with Crippen molar-refractivity contribution in [2.24, 2.45) is 0 Å². The Balaban J connectivity index is 2.90. The molecular formula is C10H12F2O3. The fourth-order valence-corrected chi connectivity index (χ4v) is 1.21. The van der Waals surface area contributed by atoms with Gasteiger partial charge in [0.1, 0.15) is 6.10 Å². The Morgan fingerprint density at radius 3 is 2.20 bits per heavy atom. The molecule has 0 saturated heterocycles. The van der Waals surface area contributed by atoms with Crippen LogP contribution >= 0.6 is 0 Å². The van der Waals surface area contributed by atoms with Gasteiger partial charge in [0, 0.05) is 14.2 Å². The second-order valence-corrected chi connectivity index (χ2v) is 2.96. The summed E-state index contributed by atoms with van der Waals surface area (Å²) in [6, 6.07) is 3.12. The summed E-state index contributed by atoms with van der Waals surface area (Å²) >= 11 is 0. The van der Waals surface area contributed by atoms with Crippen molar-refractivity contribution in [3.05, 3.63) is 35.4 Å². The molecule has 1 unspecified atom stereocenters. The number of methoxy groups -OCH3 is 2. The van der Waals surface area contributed by atoms with Gasteiger partial charge in [0.15, 0.2) is 17.9 Å². The van der Waals surface area contributed by atoms with Gasteiger partial charge in [-0.05, 0) is 17.7 Å². The van der Waals surface area contributed by atoms with Crippen molar-refractivity contribution >= 4 is 0 Å². The molecule has 0 fully saturated rings. The van der Waals surface area contributed by atoms with Crippen LogP contribution in [0.1, 0.15) is 11.7 Å². The van der Waals surface area contributed by atoms with Gasteiger partial charge in [-0.2, -0.15) is 0 Å². The minimum atomic E-state index is -1.16. The van der Waals surface area contributed by atoms with E-state index in [4.69, 9.17) is 9.47 Å². The van der Waals surface area contributed by atoms with Gasteiger partial charge in [-0.1, -0.05) is 6.07 Å². The lowest BCUT2D eigenvalue weighted by Gasteiger charge is -2.20. The third-order valence-electron chi connectivity index (χ3n) is 2.01. The van der Waals surface area contributed by atoms with Crippen LogP contribution in [0.4, 0.5) is 8.78 Å². The first-order valence-electron chi connectivity index (χ1n) is 4.28. The molecule has 0 bridgehead atoms. The lowest BCUT2D eigenvalue weighted by Crippen LogP contribution is -2.22. The lowest BCUT2D eigenvalue weighted by molar-refractivity contribution is -0.166. The van der Waals surface area contributed by atoms with Crippen molar-refractivity contribution in [3.63, 3.8) is 0 Å². The van der Waals surface area contributed by atoms with Gasteiger partial charge in [0.25, 0.3) is 0 Å². The summed E-state index contributed by atoms with van der Waals surface area (Å²) in [6.45, 7) is 0. The normalized spacial score (nSPS) is 13.2. The van der Waals surface area contributed by atoms with Crippen LogP contribution in [0.3, 0.4) is 0 Å². The maximum atomic E-state index is 12.8. The Hall–Kier alpha value is -1.04. The molecule has 1 N–H and O–H groups in total. The Morgan fingerprint density at radius 2 is 1.73 bits per heavy atom. The fraction of sp³-hybridized carbons (Fsp3) is 0.400. The molecule has 0 amide bonds. The molecule has 1 aromatic carbocycles. The molecule has 0 spiro atoms. The smallest absolute Gasteiger partial charge is 0.187 e. The SMILES string of the molecule is COC(OC)C(O)c1ccc(F)c(F)c1. The Labute approximate surface area is 86.2 Å². The van der Waals surface area contributed by atoms with E-state index in [2.05, 4.69) is 0 Å². The average Bonchev–Trinajstić information content (AvgIpc) is 2.23. The van der Waals surface area contributed by atoms with E-state index >= 15 is 0 Å². The van der Waals surface area contributed by atoms with Gasteiger partial charge < -0.3 is 14.6 Å². The lowest BCUT2D eigenvalue weighted by atomic mass is 10.1. The number of hydrogen-bond acceptors (Lipinski definition) is 3. The zero-order valence-electron chi connectivity index (χ0n) is 8.41. The van der Waals surface area contributed by atoms with E-state index in [-0.39, 0.29) is 5.56 Å². The third-order valence-corrected chi connectivity index (χ3v) is 2.01. The molecule has 1 rings (SSSR count). The van der Waals surface area contributed by atoms with E-state index in [1.165, 1.54) is 20.3 Å². The summed E-state index contributed by atoms with van der Waals surface area (Å²) in [6.07, 6.45) is -2.06. The average molecular weight is 218 g/mol. The first-order chi connectivity index (χ1) is 7.10. The van der Waals surface area contributed by atoms with Crippen molar-refractivity contribution in [2.45, 2.75) is 12.4 Å². The highest BCUT2D eigenvalue weighted by atomic mass is 19.2. The number of halogens is 2. The van der Waals surface area contributed by atoms with E-state index in [0.29, 0.717) is 0 Å². The minimum Gasteiger partial charge on any atom is -0.383 e. The molecule has 0 aliphatic heterocycles. The molecule has 5 heteroatoms. The Kier molecular flexibility index (Phi) is 4.14. The number of aliphatic hydroxyl groups is 1. The Morgan fingerprint density at radius 1 is 1.13 bits per heavy atom. The zero-order valence-corrected chi connectivity index (χ0v) is 8.41. The first-order valence-corrected chi connectivity index (χ1v) is 4.28. The molecule has 1 aromatic rings. The van der Waals surface area contributed by atoms with Crippen LogP contribution in [-0.4, -0.2) is 25.6 Å². The van der Waals surface area contributed by atoms with E-state index < -0.39 is 24.0 Å². The topological polar surface area (TPSA) is 38.7 Å². The van der Waals surface area contributed by atoms with Crippen molar-refractivity contribution in [1.82, 2.24) is 0 Å². The first kappa shape index (κ1) is 12.0. The summed E-state index contributed by atoms with van der Waals surface area (Å²) < 4.78 is 35.0. The highest BCUT2D eigenvalue weighted by Crippen LogP contribution is 2.21. The van der Waals surface area contributed by atoms with E-state index in [1.807, 2.05) is 0 Å². The molecule has 3 nitrogen and oxygen atoms in total. The molecule has 0 aliphatic rings. The van der Waals surface area contributed by atoms with Crippen LogP contribution < -0.4 is 0 Å². The van der Waals surface area contributed by atoms with E-state index in [9.17, 15) is 13.9 Å². The van der Waals surface area contributed by atoms with Crippen molar-refractivity contribution in [2.75, 3.05) is 14.2 Å². The number of ether oxygens (including phenoxy) is 2. The number of hydrogen-bond donors (Lipinski definition) is 1. The molecule has 84 valence electrons. The highest BCUT2D eigenvalue weighted by Gasteiger charge is 2.20. The summed E-state index contributed by atoms with van der Waals surface area (Å²) in [7, 11) is 2.69. The summed E-state index contributed by atoms with van der Waals surface area (Å²) in [4.78, 5) is 0. The van der Waals surface area contributed by atoms with Crippen LogP contribution in [0.2, 0.25) is 0 Å². The van der Waals surface area contributed by atoms with Crippen molar-refractivity contribution in [1.29, 1.82) is 0 Å². The monoisotopic (exact) mass is 218 g/mol. The second kappa shape index (κ2) is 5.16. The quantitative estimate of drug-likeness (QED) is 0.780. The maximum Gasteiger partial charge on any atom is 0.187 e. The molecule has 0 aliphatic carbocycles. The van der Waals surface area contributed by atoms with Crippen molar-refractivity contribution < 1.29 is 23.4 Å². The molecule has 0 radical (unpaired) electrons. The second-order valence-electron chi connectivity index (χ2n) is 2.96. The standard InChI is InChI=1S/C10H12F2O3/c1-14-10(15-2)9(13)6-3-4-7(11)8(12)5-6/h3-5,9-10,13H,1-2H3. The number of aliphatic hydroxyl groups excluding tert-OH is 1. The summed E-state index contributed by atoms with van der Waals surface area (Å²) in [5.74, 6) is -1.98. The van der Waals surface area contributed by atoms with Crippen molar-refractivity contribution in [3.8, 4) is 0 Å². The van der Waals surface area contributed by atoms with Gasteiger partial charge in [0.05, 0.1) is 0 Å². The largest absolute Gasteiger partial charge is 0.383 e. The summed E-state index contributed by atoms with van der Waals surface area (Å²) in [5, 5.41) is 9.66. The van der Waals surface area contributed by atoms with Gasteiger partial charge in [-0.25, -0.2) is 8.78 Å². The molecule has 0 aromatic heterocycles. The molecule has 15 heavy (non-hydrogen) atoms. The van der Waals surface area contributed by atoms with Crippen LogP contribution in [0.15, 0.2) is 18.2 Å². The fourth-order valence-electron chi connectivity index (χ4n) is 1.21. The number of benzene rings is 1. The zero-order chi connectivity index (χ0) is 11.4. The van der Waals surface area contributed by atoms with Crippen LogP contribution in [0.25, 0.3) is 0 Å². The van der Waals surface area contributed by atoms with Gasteiger partial charge >= 0.3 is 0 Å². The van der Waals surface area contributed by atoms with E-state index in [0.717, 1.165) is 12.1 Å². The number of rotatable bonds is 4. The van der Waals surface area contributed by atoms with E-state index in [1.54, 1.807) is 0 Å². The Bertz CT molecular complexity index is 326. The van der Waals surface area contributed by atoms with Crippen LogP contribution in [0, 0.1) is 11.6 Å². The van der Waals surface area contributed by atoms with Crippen LogP contribution in [-0.2, 0) is 9.47 Å².